The van der Waals surface area contributed by atoms with Crippen LogP contribution < -0.4 is 0 Å². The quantitative estimate of drug-likeness (QED) is 0.448. The monoisotopic (exact) mass is 328 g/mol. The van der Waals surface area contributed by atoms with E-state index < -0.39 is 0 Å². The number of carbonyl (C=O) groups excluding carboxylic acids is 1. The maximum atomic E-state index is 11.6. The summed E-state index contributed by atoms with van der Waals surface area (Å²) in [7, 11) is 0. The molecular formula is C19H36O4. The molecule has 0 radical (unpaired) electrons. The Kier molecular flexibility index (Phi) is 8.56. The zero-order chi connectivity index (χ0) is 17.3. The minimum atomic E-state index is -0.377. The third-order valence-electron chi connectivity index (χ3n) is 3.95. The molecule has 1 fully saturated rings. The summed E-state index contributed by atoms with van der Waals surface area (Å²) in [5, 5.41) is 0. The molecule has 1 unspecified atom stereocenters. The van der Waals surface area contributed by atoms with Gasteiger partial charge in [0, 0.05) is 13.0 Å². The molecule has 1 rings (SSSR count). The molecule has 1 aliphatic rings. The Hall–Kier alpha value is -0.610. The van der Waals surface area contributed by atoms with Crippen LogP contribution in [0.5, 0.6) is 0 Å². The maximum absolute atomic E-state index is 11.6. The first-order valence-electron chi connectivity index (χ1n) is 9.13. The summed E-state index contributed by atoms with van der Waals surface area (Å²) < 4.78 is 16.8. The molecule has 0 N–H and O–H groups in total. The Labute approximate surface area is 142 Å². The first-order chi connectivity index (χ1) is 10.7. The summed E-state index contributed by atoms with van der Waals surface area (Å²) in [6.45, 7) is 11.8. The van der Waals surface area contributed by atoms with E-state index >= 15 is 0 Å². The van der Waals surface area contributed by atoms with E-state index in [0.717, 1.165) is 51.7 Å². The van der Waals surface area contributed by atoms with Crippen molar-refractivity contribution < 1.29 is 19.0 Å². The van der Waals surface area contributed by atoms with Crippen molar-refractivity contribution in [2.75, 3.05) is 13.2 Å². The van der Waals surface area contributed by atoms with E-state index in [9.17, 15) is 4.79 Å². The second-order valence-corrected chi connectivity index (χ2v) is 8.42. The fraction of sp³-hybridized carbons (Fsp3) is 0.947. The van der Waals surface area contributed by atoms with Gasteiger partial charge in [-0.25, -0.2) is 0 Å². The van der Waals surface area contributed by atoms with Crippen LogP contribution >= 0.6 is 0 Å². The molecule has 23 heavy (non-hydrogen) atoms. The number of rotatable bonds is 9. The van der Waals surface area contributed by atoms with Gasteiger partial charge < -0.3 is 14.2 Å². The van der Waals surface area contributed by atoms with Gasteiger partial charge in [0.1, 0.15) is 5.60 Å². The number of ether oxygens (including phenoxy) is 3. The van der Waals surface area contributed by atoms with Crippen LogP contribution in [0.15, 0.2) is 0 Å². The van der Waals surface area contributed by atoms with E-state index in [4.69, 9.17) is 14.2 Å². The average molecular weight is 328 g/mol. The SMILES string of the molecule is CC(C)(CCCCCC(=O)OC(C)(C)C)COC1CCCCO1. The van der Waals surface area contributed by atoms with Crippen molar-refractivity contribution in [1.29, 1.82) is 0 Å². The number of carbonyl (C=O) groups is 1. The first-order valence-corrected chi connectivity index (χ1v) is 9.13. The predicted octanol–water partition coefficient (Wildman–Crippen LogP) is 4.85. The highest BCUT2D eigenvalue weighted by atomic mass is 16.7. The second kappa shape index (κ2) is 9.63. The highest BCUT2D eigenvalue weighted by Crippen LogP contribution is 2.26. The molecule has 0 aliphatic carbocycles. The number of unbranched alkanes of at least 4 members (excludes halogenated alkanes) is 2. The molecule has 1 saturated heterocycles. The van der Waals surface area contributed by atoms with Gasteiger partial charge in [0.15, 0.2) is 6.29 Å². The van der Waals surface area contributed by atoms with Crippen LogP contribution in [0.2, 0.25) is 0 Å². The van der Waals surface area contributed by atoms with E-state index in [0.29, 0.717) is 6.42 Å². The van der Waals surface area contributed by atoms with Crippen LogP contribution in [0, 0.1) is 5.41 Å². The number of hydrogen-bond acceptors (Lipinski definition) is 4. The lowest BCUT2D eigenvalue weighted by atomic mass is 9.88. The standard InChI is InChI=1S/C19H36O4/c1-18(2,3)23-16(20)11-7-6-9-13-19(4,5)15-22-17-12-8-10-14-21-17/h17H,6-15H2,1-5H3. The van der Waals surface area contributed by atoms with E-state index in [2.05, 4.69) is 13.8 Å². The smallest absolute Gasteiger partial charge is 0.306 e. The van der Waals surface area contributed by atoms with Gasteiger partial charge in [-0.05, 0) is 58.3 Å². The molecule has 4 heteroatoms. The van der Waals surface area contributed by atoms with Crippen LogP contribution in [0.1, 0.15) is 86.0 Å². The molecule has 4 nitrogen and oxygen atoms in total. The second-order valence-electron chi connectivity index (χ2n) is 8.42. The zero-order valence-electron chi connectivity index (χ0n) is 15.8. The molecule has 136 valence electrons. The van der Waals surface area contributed by atoms with Crippen LogP contribution in [0.25, 0.3) is 0 Å². The highest BCUT2D eigenvalue weighted by Gasteiger charge is 2.22. The van der Waals surface area contributed by atoms with Gasteiger partial charge in [-0.2, -0.15) is 0 Å². The van der Waals surface area contributed by atoms with E-state index in [1.807, 2.05) is 20.8 Å². The van der Waals surface area contributed by atoms with Crippen molar-refractivity contribution in [3.05, 3.63) is 0 Å². The minimum absolute atomic E-state index is 0.00445. The van der Waals surface area contributed by atoms with Gasteiger partial charge in [-0.3, -0.25) is 4.79 Å². The van der Waals surface area contributed by atoms with Crippen molar-refractivity contribution in [1.82, 2.24) is 0 Å². The van der Waals surface area contributed by atoms with Crippen molar-refractivity contribution >= 4 is 5.97 Å². The van der Waals surface area contributed by atoms with Crippen LogP contribution in [0.3, 0.4) is 0 Å². The van der Waals surface area contributed by atoms with Gasteiger partial charge in [-0.1, -0.05) is 26.7 Å². The Morgan fingerprint density at radius 2 is 1.83 bits per heavy atom. The van der Waals surface area contributed by atoms with Gasteiger partial charge >= 0.3 is 5.97 Å². The van der Waals surface area contributed by atoms with Crippen LogP contribution in [-0.4, -0.2) is 31.1 Å². The molecule has 1 heterocycles. The number of esters is 1. The maximum Gasteiger partial charge on any atom is 0.306 e. The van der Waals surface area contributed by atoms with Crippen molar-refractivity contribution in [2.45, 2.75) is 97.9 Å². The number of hydrogen-bond donors (Lipinski definition) is 0. The largest absolute Gasteiger partial charge is 0.460 e. The molecular weight excluding hydrogens is 292 g/mol. The topological polar surface area (TPSA) is 44.8 Å². The van der Waals surface area contributed by atoms with E-state index in [-0.39, 0.29) is 23.3 Å². The van der Waals surface area contributed by atoms with Gasteiger partial charge in [0.25, 0.3) is 0 Å². The summed E-state index contributed by atoms with van der Waals surface area (Å²) in [6, 6.07) is 0. The Morgan fingerprint density at radius 1 is 1.09 bits per heavy atom. The van der Waals surface area contributed by atoms with Gasteiger partial charge in [-0.15, -0.1) is 0 Å². The van der Waals surface area contributed by atoms with Gasteiger partial charge in [0.05, 0.1) is 6.61 Å². The summed E-state index contributed by atoms with van der Waals surface area (Å²) in [5.74, 6) is -0.0884. The summed E-state index contributed by atoms with van der Waals surface area (Å²) in [5.41, 5.74) is -0.218. The molecule has 0 spiro atoms. The van der Waals surface area contributed by atoms with Crippen molar-refractivity contribution in [3.63, 3.8) is 0 Å². The Morgan fingerprint density at radius 3 is 2.43 bits per heavy atom. The first kappa shape index (κ1) is 20.4. The Bertz CT molecular complexity index is 338. The zero-order valence-corrected chi connectivity index (χ0v) is 15.8. The lowest BCUT2D eigenvalue weighted by Gasteiger charge is -2.29. The fourth-order valence-corrected chi connectivity index (χ4v) is 2.68. The lowest BCUT2D eigenvalue weighted by Crippen LogP contribution is -2.28. The third kappa shape index (κ3) is 10.7. The molecule has 1 aliphatic heterocycles. The summed E-state index contributed by atoms with van der Waals surface area (Å²) in [6.07, 6.45) is 8.07. The molecule has 0 bridgehead atoms. The van der Waals surface area contributed by atoms with Crippen molar-refractivity contribution in [3.8, 4) is 0 Å². The normalized spacial score (nSPS) is 19.6. The molecule has 0 amide bonds. The molecule has 0 aromatic carbocycles. The van der Waals surface area contributed by atoms with Gasteiger partial charge in [0.2, 0.25) is 0 Å². The fourth-order valence-electron chi connectivity index (χ4n) is 2.68. The summed E-state index contributed by atoms with van der Waals surface area (Å²) >= 11 is 0. The summed E-state index contributed by atoms with van der Waals surface area (Å²) in [4.78, 5) is 11.6. The average Bonchev–Trinajstić information content (AvgIpc) is 2.44. The lowest BCUT2D eigenvalue weighted by molar-refractivity contribution is -0.176. The predicted molar refractivity (Wildman–Crippen MR) is 92.3 cm³/mol. The molecule has 0 saturated carbocycles. The molecule has 0 aromatic rings. The highest BCUT2D eigenvalue weighted by molar-refractivity contribution is 5.69. The van der Waals surface area contributed by atoms with E-state index in [1.165, 1.54) is 6.42 Å². The van der Waals surface area contributed by atoms with Crippen LogP contribution in [-0.2, 0) is 19.0 Å². The third-order valence-corrected chi connectivity index (χ3v) is 3.95. The van der Waals surface area contributed by atoms with Crippen molar-refractivity contribution in [2.24, 2.45) is 5.41 Å². The minimum Gasteiger partial charge on any atom is -0.460 e. The Balaban J connectivity index is 2.07. The molecule has 1 atom stereocenters. The van der Waals surface area contributed by atoms with Crippen LogP contribution in [0.4, 0.5) is 0 Å². The van der Waals surface area contributed by atoms with E-state index in [1.54, 1.807) is 0 Å². The molecule has 0 aromatic heterocycles.